The van der Waals surface area contributed by atoms with E-state index in [4.69, 9.17) is 9.40 Å². The first kappa shape index (κ1) is 32.2. The van der Waals surface area contributed by atoms with Gasteiger partial charge >= 0.3 is 29.6 Å². The third-order valence-corrected chi connectivity index (χ3v) is 8.06. The molecule has 0 fully saturated rings. The van der Waals surface area contributed by atoms with Gasteiger partial charge in [-0.1, -0.05) is 109 Å². The van der Waals surface area contributed by atoms with Crippen LogP contribution in [-0.4, -0.2) is 22.9 Å². The number of amides is 1. The van der Waals surface area contributed by atoms with Crippen LogP contribution in [0.2, 0.25) is 0 Å². The molecule has 7 heteroatoms. The van der Waals surface area contributed by atoms with Crippen molar-refractivity contribution in [3.05, 3.63) is 144 Å². The van der Waals surface area contributed by atoms with Crippen molar-refractivity contribution in [3.8, 4) is 22.6 Å². The Bertz CT molecular complexity index is 1710. The third kappa shape index (κ3) is 7.90. The van der Waals surface area contributed by atoms with Gasteiger partial charge in [-0.2, -0.15) is 0 Å². The number of oxazole rings is 1. The first-order valence-electron chi connectivity index (χ1n) is 15.0. The van der Waals surface area contributed by atoms with Gasteiger partial charge in [-0.05, 0) is 61.3 Å². The Kier molecular flexibility index (Phi) is 10.8. The van der Waals surface area contributed by atoms with Gasteiger partial charge in [-0.3, -0.25) is 4.79 Å². The molecule has 1 aliphatic carbocycles. The third-order valence-electron chi connectivity index (χ3n) is 8.06. The summed E-state index contributed by atoms with van der Waals surface area (Å²) in [5.74, 6) is -0.232. The molecular formula is C38H33N2NaO4. The van der Waals surface area contributed by atoms with Crippen LogP contribution in [0.3, 0.4) is 0 Å². The summed E-state index contributed by atoms with van der Waals surface area (Å²) >= 11 is 0. The van der Waals surface area contributed by atoms with Crippen molar-refractivity contribution in [2.75, 3.05) is 0 Å². The van der Waals surface area contributed by atoms with E-state index in [1.807, 2.05) is 109 Å². The Labute approximate surface area is 285 Å². The number of aliphatic carboxylic acids is 1. The average molecular weight is 605 g/mol. The van der Waals surface area contributed by atoms with Crippen LogP contribution in [0.15, 0.2) is 126 Å². The van der Waals surface area contributed by atoms with E-state index in [1.165, 1.54) is 0 Å². The molecule has 220 valence electrons. The van der Waals surface area contributed by atoms with Gasteiger partial charge in [0.1, 0.15) is 5.69 Å². The van der Waals surface area contributed by atoms with Gasteiger partial charge in [0.2, 0.25) is 5.89 Å². The fourth-order valence-corrected chi connectivity index (χ4v) is 5.85. The van der Waals surface area contributed by atoms with E-state index in [1.54, 1.807) is 6.07 Å². The largest absolute Gasteiger partial charge is 1.00 e. The summed E-state index contributed by atoms with van der Waals surface area (Å²) in [7, 11) is 0. The Morgan fingerprint density at radius 1 is 0.844 bits per heavy atom. The molecule has 0 bridgehead atoms. The van der Waals surface area contributed by atoms with Crippen molar-refractivity contribution in [2.45, 2.75) is 38.1 Å². The molecule has 0 spiro atoms. The SMILES string of the molecule is O=C(N[C@@H](Cc1ccccc1)C(=O)[O-])c1cccc(CC2CCCC=C2c2nc(-c3ccccc3)c(-c3ccccc3)o2)c1.[Na+]. The molecule has 4 aromatic carbocycles. The average Bonchev–Trinajstić information content (AvgIpc) is 3.52. The molecule has 1 amide bonds. The molecular weight excluding hydrogens is 571 g/mol. The quantitative estimate of drug-likeness (QED) is 0.246. The van der Waals surface area contributed by atoms with Crippen LogP contribution in [-0.2, 0) is 17.6 Å². The van der Waals surface area contributed by atoms with Crippen molar-refractivity contribution >= 4 is 17.4 Å². The number of nitrogens with zero attached hydrogens (tertiary/aromatic N) is 1. The van der Waals surface area contributed by atoms with Crippen molar-refractivity contribution in [1.82, 2.24) is 10.3 Å². The first-order valence-corrected chi connectivity index (χ1v) is 15.0. The first-order chi connectivity index (χ1) is 21.5. The topological polar surface area (TPSA) is 95.3 Å². The molecule has 6 nitrogen and oxygen atoms in total. The number of hydrogen-bond donors (Lipinski definition) is 1. The molecule has 1 aromatic heterocycles. The Hall–Kier alpha value is -4.23. The van der Waals surface area contributed by atoms with E-state index in [0.717, 1.165) is 58.5 Å². The minimum atomic E-state index is -1.31. The van der Waals surface area contributed by atoms with Crippen LogP contribution in [0.1, 0.15) is 46.6 Å². The Balaban J connectivity index is 0.00000400. The maximum Gasteiger partial charge on any atom is 1.00 e. The van der Waals surface area contributed by atoms with Gasteiger partial charge in [0.15, 0.2) is 5.76 Å². The Morgan fingerprint density at radius 3 is 2.18 bits per heavy atom. The summed E-state index contributed by atoms with van der Waals surface area (Å²) in [6.45, 7) is 0. The van der Waals surface area contributed by atoms with Crippen molar-refractivity contribution in [3.63, 3.8) is 0 Å². The number of carbonyl (C=O) groups excluding carboxylic acids is 2. The minimum absolute atomic E-state index is 0. The number of carboxylic acids is 1. The number of aromatic nitrogens is 1. The molecule has 0 aliphatic heterocycles. The summed E-state index contributed by atoms with van der Waals surface area (Å²) in [5, 5.41) is 14.5. The van der Waals surface area contributed by atoms with Crippen molar-refractivity contribution < 1.29 is 48.7 Å². The predicted molar refractivity (Wildman–Crippen MR) is 169 cm³/mol. The number of nitrogens with one attached hydrogen (secondary N) is 1. The monoisotopic (exact) mass is 604 g/mol. The molecule has 0 saturated carbocycles. The Morgan fingerprint density at radius 2 is 1.49 bits per heavy atom. The zero-order valence-electron chi connectivity index (χ0n) is 25.3. The molecule has 0 radical (unpaired) electrons. The van der Waals surface area contributed by atoms with Gasteiger partial charge in [0, 0.05) is 22.3 Å². The van der Waals surface area contributed by atoms with Gasteiger partial charge in [-0.25, -0.2) is 4.98 Å². The number of carboxylic acid groups (broad SMARTS) is 1. The van der Waals surface area contributed by atoms with Gasteiger partial charge < -0.3 is 19.6 Å². The van der Waals surface area contributed by atoms with Crippen LogP contribution in [0.4, 0.5) is 0 Å². The van der Waals surface area contributed by atoms with E-state index in [0.29, 0.717) is 17.9 Å². The van der Waals surface area contributed by atoms with Gasteiger partial charge in [0.05, 0.1) is 12.0 Å². The molecule has 45 heavy (non-hydrogen) atoms. The normalized spacial score (nSPS) is 14.9. The summed E-state index contributed by atoms with van der Waals surface area (Å²) in [4.78, 5) is 30.0. The summed E-state index contributed by atoms with van der Waals surface area (Å²) < 4.78 is 6.53. The minimum Gasteiger partial charge on any atom is -0.548 e. The van der Waals surface area contributed by atoms with E-state index in [2.05, 4.69) is 11.4 Å². The molecule has 2 atom stereocenters. The predicted octanol–water partition coefficient (Wildman–Crippen LogP) is 3.53. The summed E-state index contributed by atoms with van der Waals surface area (Å²) in [6.07, 6.45) is 6.05. The fourth-order valence-electron chi connectivity index (χ4n) is 5.85. The van der Waals surface area contributed by atoms with E-state index in [9.17, 15) is 14.7 Å². The second-order valence-electron chi connectivity index (χ2n) is 11.2. The van der Waals surface area contributed by atoms with Crippen molar-refractivity contribution in [1.29, 1.82) is 0 Å². The smallest absolute Gasteiger partial charge is 0.548 e. The molecule has 5 aromatic rings. The second-order valence-corrected chi connectivity index (χ2v) is 11.2. The van der Waals surface area contributed by atoms with E-state index < -0.39 is 17.9 Å². The van der Waals surface area contributed by atoms with Gasteiger partial charge in [-0.15, -0.1) is 0 Å². The number of allylic oxidation sites excluding steroid dienone is 2. The summed E-state index contributed by atoms with van der Waals surface area (Å²) in [5.41, 5.74) is 6.07. The summed E-state index contributed by atoms with van der Waals surface area (Å²) in [6, 6.07) is 35.6. The van der Waals surface area contributed by atoms with Crippen LogP contribution >= 0.6 is 0 Å². The number of hydrogen-bond acceptors (Lipinski definition) is 5. The number of rotatable bonds is 10. The maximum absolute atomic E-state index is 13.2. The van der Waals surface area contributed by atoms with Crippen LogP contribution < -0.4 is 40.0 Å². The zero-order valence-corrected chi connectivity index (χ0v) is 27.3. The number of carbonyl (C=O) groups is 2. The van der Waals surface area contributed by atoms with Crippen LogP contribution in [0.5, 0.6) is 0 Å². The molecule has 1 heterocycles. The van der Waals surface area contributed by atoms with Crippen molar-refractivity contribution in [2.24, 2.45) is 5.92 Å². The zero-order chi connectivity index (χ0) is 30.3. The number of benzene rings is 4. The molecule has 0 saturated heterocycles. The molecule has 1 aliphatic rings. The molecule has 1 unspecified atom stereocenters. The van der Waals surface area contributed by atoms with Crippen LogP contribution in [0.25, 0.3) is 28.2 Å². The maximum atomic E-state index is 13.2. The van der Waals surface area contributed by atoms with Gasteiger partial charge in [0.25, 0.3) is 5.91 Å². The standard InChI is InChI=1S/C38H34N2O4.Na/c41-36(39-33(38(42)43)25-26-13-4-1-5-14-26)31-21-12-15-27(24-31)23-30-20-10-11-22-32(30)37-40-34(28-16-6-2-7-17-28)35(44-37)29-18-8-3-9-19-29;/h1-9,12-19,21-22,24,30,33H,10-11,20,23,25H2,(H,39,41)(H,42,43);/q;+1/p-1/t30?,33-;/m0./s1. The van der Waals surface area contributed by atoms with Crippen LogP contribution in [0, 0.1) is 5.92 Å². The van der Waals surface area contributed by atoms with E-state index >= 15 is 0 Å². The van der Waals surface area contributed by atoms with E-state index in [-0.39, 0.29) is 41.9 Å². The molecule has 1 N–H and O–H groups in total. The second kappa shape index (κ2) is 15.2. The molecule has 6 rings (SSSR count). The fraction of sp³-hybridized carbons (Fsp3) is 0.184.